The van der Waals surface area contributed by atoms with Crippen LogP contribution in [0.1, 0.15) is 18.3 Å². The molecule has 0 aromatic carbocycles. The lowest BCUT2D eigenvalue weighted by Crippen LogP contribution is -2.44. The lowest BCUT2D eigenvalue weighted by atomic mass is 10.1. The Kier molecular flexibility index (Phi) is 5.58. The zero-order valence-electron chi connectivity index (χ0n) is 11.0. The van der Waals surface area contributed by atoms with Gasteiger partial charge >= 0.3 is 0 Å². The van der Waals surface area contributed by atoms with Crippen LogP contribution in [0.4, 0.5) is 0 Å². The summed E-state index contributed by atoms with van der Waals surface area (Å²) < 4.78 is 3.12. The predicted molar refractivity (Wildman–Crippen MR) is 73.7 cm³/mol. The Morgan fingerprint density at radius 2 is 2.18 bits per heavy atom. The first kappa shape index (κ1) is 14.6. The molecule has 0 bridgehead atoms. The molecule has 1 atom stereocenters. The van der Waals surface area contributed by atoms with Crippen LogP contribution in [0.5, 0.6) is 0 Å². The zero-order valence-corrected chi connectivity index (χ0v) is 12.6. The summed E-state index contributed by atoms with van der Waals surface area (Å²) >= 11 is 3.60. The van der Waals surface area contributed by atoms with Crippen LogP contribution in [0.2, 0.25) is 0 Å². The number of aryl methyl sites for hydroxylation is 2. The van der Waals surface area contributed by atoms with E-state index in [0.29, 0.717) is 0 Å². The van der Waals surface area contributed by atoms with Crippen LogP contribution >= 0.6 is 15.9 Å². The first-order chi connectivity index (χ1) is 7.99. The van der Waals surface area contributed by atoms with Crippen molar-refractivity contribution in [1.29, 1.82) is 0 Å². The van der Waals surface area contributed by atoms with E-state index in [-0.39, 0.29) is 6.04 Å². The van der Waals surface area contributed by atoms with Crippen molar-refractivity contribution in [2.24, 2.45) is 5.84 Å². The van der Waals surface area contributed by atoms with Gasteiger partial charge in [-0.1, -0.05) is 0 Å². The Balaban J connectivity index is 2.84. The highest BCUT2D eigenvalue weighted by Crippen LogP contribution is 2.22. The van der Waals surface area contributed by atoms with Gasteiger partial charge in [0.25, 0.3) is 0 Å². The number of aromatic nitrogens is 2. The van der Waals surface area contributed by atoms with E-state index in [0.717, 1.165) is 29.7 Å². The van der Waals surface area contributed by atoms with Crippen LogP contribution in [0.15, 0.2) is 4.47 Å². The summed E-state index contributed by atoms with van der Waals surface area (Å²) in [5.41, 5.74) is 5.10. The van der Waals surface area contributed by atoms with E-state index in [4.69, 9.17) is 5.84 Å². The molecule has 0 aliphatic rings. The molecule has 1 rings (SSSR count). The summed E-state index contributed by atoms with van der Waals surface area (Å²) in [6, 6.07) is 0.225. The molecule has 0 saturated carbocycles. The second kappa shape index (κ2) is 6.49. The molecule has 0 amide bonds. The van der Waals surface area contributed by atoms with Crippen molar-refractivity contribution in [2.75, 3.05) is 20.6 Å². The van der Waals surface area contributed by atoms with Crippen molar-refractivity contribution in [1.82, 2.24) is 20.1 Å². The maximum absolute atomic E-state index is 5.60. The van der Waals surface area contributed by atoms with Gasteiger partial charge in [-0.05, 0) is 43.9 Å². The van der Waals surface area contributed by atoms with Crippen molar-refractivity contribution >= 4 is 15.9 Å². The zero-order chi connectivity index (χ0) is 13.0. The molecule has 1 heterocycles. The van der Waals surface area contributed by atoms with Gasteiger partial charge in [0.1, 0.15) is 0 Å². The molecule has 6 heteroatoms. The number of hydrogen-bond donors (Lipinski definition) is 2. The summed E-state index contributed by atoms with van der Waals surface area (Å²) in [4.78, 5) is 2.12. The van der Waals surface area contributed by atoms with E-state index in [9.17, 15) is 0 Å². The van der Waals surface area contributed by atoms with Crippen molar-refractivity contribution in [3.05, 3.63) is 15.9 Å². The van der Waals surface area contributed by atoms with Gasteiger partial charge in [0.15, 0.2) is 0 Å². The minimum atomic E-state index is 0.225. The smallest absolute Gasteiger partial charge is 0.0738 e. The number of halogens is 1. The van der Waals surface area contributed by atoms with Gasteiger partial charge in [0.05, 0.1) is 15.9 Å². The summed E-state index contributed by atoms with van der Waals surface area (Å²) in [5.74, 6) is 5.60. The fraction of sp³-hybridized carbons (Fsp3) is 0.727. The molecule has 1 aromatic heterocycles. The molecule has 1 aromatic rings. The highest BCUT2D eigenvalue weighted by atomic mass is 79.9. The molecule has 17 heavy (non-hydrogen) atoms. The summed E-state index contributed by atoms with van der Waals surface area (Å²) in [6.45, 7) is 5.88. The molecule has 5 nitrogen and oxygen atoms in total. The van der Waals surface area contributed by atoms with Gasteiger partial charge in [0.2, 0.25) is 0 Å². The fourth-order valence-electron chi connectivity index (χ4n) is 1.91. The van der Waals surface area contributed by atoms with Crippen molar-refractivity contribution in [3.8, 4) is 0 Å². The van der Waals surface area contributed by atoms with Crippen molar-refractivity contribution in [2.45, 2.75) is 32.9 Å². The SMILES string of the molecule is CCn1nc(C)c(Br)c1CC(CN(C)C)NN. The first-order valence-electron chi connectivity index (χ1n) is 5.82. The van der Waals surface area contributed by atoms with Gasteiger partial charge in [-0.15, -0.1) is 0 Å². The van der Waals surface area contributed by atoms with Gasteiger partial charge in [-0.2, -0.15) is 5.10 Å². The molecule has 0 aliphatic carbocycles. The monoisotopic (exact) mass is 303 g/mol. The maximum atomic E-state index is 5.60. The molecule has 0 aliphatic heterocycles. The Morgan fingerprint density at radius 3 is 2.65 bits per heavy atom. The molecular formula is C11H22BrN5. The summed E-state index contributed by atoms with van der Waals surface area (Å²) in [6.07, 6.45) is 0.865. The predicted octanol–water partition coefficient (Wildman–Crippen LogP) is 0.910. The molecule has 0 radical (unpaired) electrons. The van der Waals surface area contributed by atoms with Crippen LogP contribution in [-0.4, -0.2) is 41.4 Å². The minimum absolute atomic E-state index is 0.225. The van der Waals surface area contributed by atoms with E-state index >= 15 is 0 Å². The van der Waals surface area contributed by atoms with Gasteiger partial charge < -0.3 is 4.90 Å². The van der Waals surface area contributed by atoms with Gasteiger partial charge in [-0.3, -0.25) is 16.0 Å². The third kappa shape index (κ3) is 3.77. The van der Waals surface area contributed by atoms with Gasteiger partial charge in [0, 0.05) is 25.6 Å². The highest BCUT2D eigenvalue weighted by molar-refractivity contribution is 9.10. The van der Waals surface area contributed by atoms with Gasteiger partial charge in [-0.25, -0.2) is 0 Å². The van der Waals surface area contributed by atoms with E-state index in [2.05, 4.69) is 38.3 Å². The third-order valence-electron chi connectivity index (χ3n) is 2.71. The first-order valence-corrected chi connectivity index (χ1v) is 6.61. The Labute approximate surface area is 111 Å². The number of hydrazine groups is 1. The lowest BCUT2D eigenvalue weighted by molar-refractivity contribution is 0.334. The van der Waals surface area contributed by atoms with E-state index in [1.807, 2.05) is 25.7 Å². The molecule has 0 spiro atoms. The minimum Gasteiger partial charge on any atom is -0.308 e. The van der Waals surface area contributed by atoms with Crippen molar-refractivity contribution in [3.63, 3.8) is 0 Å². The molecular weight excluding hydrogens is 282 g/mol. The number of nitrogens with two attached hydrogens (primary N) is 1. The van der Waals surface area contributed by atoms with Crippen LogP contribution in [0.3, 0.4) is 0 Å². The molecule has 0 fully saturated rings. The molecule has 0 saturated heterocycles. The number of hydrogen-bond acceptors (Lipinski definition) is 4. The average molecular weight is 304 g/mol. The normalized spacial score (nSPS) is 13.4. The second-order valence-corrected chi connectivity index (χ2v) is 5.28. The second-order valence-electron chi connectivity index (χ2n) is 4.49. The quantitative estimate of drug-likeness (QED) is 0.606. The maximum Gasteiger partial charge on any atom is 0.0738 e. The average Bonchev–Trinajstić information content (AvgIpc) is 2.55. The highest BCUT2D eigenvalue weighted by Gasteiger charge is 2.17. The Hall–Kier alpha value is -0.430. The number of rotatable bonds is 6. The summed E-state index contributed by atoms with van der Waals surface area (Å²) in [5, 5.41) is 4.48. The Morgan fingerprint density at radius 1 is 1.53 bits per heavy atom. The van der Waals surface area contributed by atoms with Crippen LogP contribution in [0, 0.1) is 6.92 Å². The van der Waals surface area contributed by atoms with E-state index in [1.165, 1.54) is 5.69 Å². The molecule has 3 N–H and O–H groups in total. The van der Waals surface area contributed by atoms with Crippen molar-refractivity contribution < 1.29 is 0 Å². The fourth-order valence-corrected chi connectivity index (χ4v) is 2.36. The van der Waals surface area contributed by atoms with Crippen LogP contribution < -0.4 is 11.3 Å². The molecule has 1 unspecified atom stereocenters. The lowest BCUT2D eigenvalue weighted by Gasteiger charge is -2.20. The third-order valence-corrected chi connectivity index (χ3v) is 3.75. The topological polar surface area (TPSA) is 59.1 Å². The van der Waals surface area contributed by atoms with Crippen LogP contribution in [-0.2, 0) is 13.0 Å². The van der Waals surface area contributed by atoms with Crippen LogP contribution in [0.25, 0.3) is 0 Å². The number of likely N-dealkylation sites (N-methyl/N-ethyl adjacent to an activating group) is 1. The number of nitrogens with zero attached hydrogens (tertiary/aromatic N) is 3. The Bertz CT molecular complexity index is 361. The van der Waals surface area contributed by atoms with E-state index in [1.54, 1.807) is 0 Å². The largest absolute Gasteiger partial charge is 0.308 e. The number of nitrogens with one attached hydrogen (secondary N) is 1. The van der Waals surface area contributed by atoms with E-state index < -0.39 is 0 Å². The summed E-state index contributed by atoms with van der Waals surface area (Å²) in [7, 11) is 4.09. The standard InChI is InChI=1S/C11H22BrN5/c1-5-17-10(11(12)8(2)15-17)6-9(14-13)7-16(3)4/h9,14H,5-7,13H2,1-4H3. The molecule has 98 valence electrons.